The number of halogens is 5. The lowest BCUT2D eigenvalue weighted by molar-refractivity contribution is -0.140. The van der Waals surface area contributed by atoms with Crippen molar-refractivity contribution in [2.45, 2.75) is 24.7 Å². The van der Waals surface area contributed by atoms with E-state index in [0.717, 1.165) is 17.7 Å². The van der Waals surface area contributed by atoms with E-state index in [1.807, 2.05) is 44.8 Å². The molecule has 2 amide bonds. The van der Waals surface area contributed by atoms with E-state index < -0.39 is 17.6 Å². The fraction of sp³-hybridized carbons (Fsp3) is 0.393. The van der Waals surface area contributed by atoms with Gasteiger partial charge in [-0.3, -0.25) is 4.90 Å². The standard InChI is InChI=1S/C28H29ClF4N6O/c1-36(16-19-6-7-23(24(30)14-19)28(31,32)33)25-18-39(17-22(25)20-4-2-5-21(29)15-20)27(40)38-12-10-37(11-13-38)26-34-8-3-9-35-26/h2-9,14-15,22,25H,10-13,16-18H2,1H3/t22-,25+/m1/s1. The summed E-state index contributed by atoms with van der Waals surface area (Å²) in [5.41, 5.74) is 0.0958. The summed E-state index contributed by atoms with van der Waals surface area (Å²) in [5.74, 6) is -0.753. The van der Waals surface area contributed by atoms with Crippen LogP contribution in [0.5, 0.6) is 0 Å². The van der Waals surface area contributed by atoms with Crippen LogP contribution in [0, 0.1) is 5.82 Å². The molecule has 7 nitrogen and oxygen atoms in total. The highest BCUT2D eigenvalue weighted by Crippen LogP contribution is 2.35. The summed E-state index contributed by atoms with van der Waals surface area (Å²) in [6.07, 6.45) is -1.37. The van der Waals surface area contributed by atoms with Gasteiger partial charge in [-0.2, -0.15) is 13.2 Å². The van der Waals surface area contributed by atoms with Crippen LogP contribution >= 0.6 is 11.6 Å². The molecule has 0 spiro atoms. The normalized spacial score (nSPS) is 19.9. The van der Waals surface area contributed by atoms with Gasteiger partial charge in [0.1, 0.15) is 5.82 Å². The molecule has 0 radical (unpaired) electrons. The van der Waals surface area contributed by atoms with Gasteiger partial charge in [0.05, 0.1) is 5.56 Å². The van der Waals surface area contributed by atoms with Crippen LogP contribution in [0.25, 0.3) is 0 Å². The van der Waals surface area contributed by atoms with Gasteiger partial charge in [-0.25, -0.2) is 19.2 Å². The summed E-state index contributed by atoms with van der Waals surface area (Å²) in [6.45, 7) is 3.37. The van der Waals surface area contributed by atoms with Gasteiger partial charge in [0, 0.05) is 75.2 Å². The summed E-state index contributed by atoms with van der Waals surface area (Å²) >= 11 is 6.28. The number of carbonyl (C=O) groups is 1. The van der Waals surface area contributed by atoms with E-state index >= 15 is 0 Å². The first-order valence-corrected chi connectivity index (χ1v) is 13.3. The lowest BCUT2D eigenvalue weighted by Gasteiger charge is -2.36. The maximum atomic E-state index is 14.2. The lowest BCUT2D eigenvalue weighted by Crippen LogP contribution is -2.53. The smallest absolute Gasteiger partial charge is 0.337 e. The van der Waals surface area contributed by atoms with Crippen molar-refractivity contribution >= 4 is 23.6 Å². The van der Waals surface area contributed by atoms with Gasteiger partial charge < -0.3 is 14.7 Å². The van der Waals surface area contributed by atoms with E-state index in [-0.39, 0.29) is 24.5 Å². The molecule has 2 saturated heterocycles. The summed E-state index contributed by atoms with van der Waals surface area (Å²) in [4.78, 5) is 29.8. The van der Waals surface area contributed by atoms with Crippen LogP contribution in [0.3, 0.4) is 0 Å². The van der Waals surface area contributed by atoms with Gasteiger partial charge in [0.15, 0.2) is 0 Å². The number of likely N-dealkylation sites (N-methyl/N-ethyl adjacent to an activating group) is 1. The molecule has 0 N–H and O–H groups in total. The topological polar surface area (TPSA) is 55.8 Å². The van der Waals surface area contributed by atoms with Crippen molar-refractivity contribution in [2.75, 3.05) is 51.2 Å². The number of benzene rings is 2. The summed E-state index contributed by atoms with van der Waals surface area (Å²) in [6, 6.07) is 12.0. The molecule has 0 aliphatic carbocycles. The van der Waals surface area contributed by atoms with Gasteiger partial charge in [-0.05, 0) is 48.5 Å². The van der Waals surface area contributed by atoms with Crippen LogP contribution in [-0.4, -0.2) is 83.1 Å². The Hall–Kier alpha value is -3.44. The van der Waals surface area contributed by atoms with Crippen LogP contribution in [0.2, 0.25) is 5.02 Å². The minimum absolute atomic E-state index is 0.0721. The molecular weight excluding hydrogens is 548 g/mol. The molecule has 0 bridgehead atoms. The van der Waals surface area contributed by atoms with Crippen LogP contribution in [0.15, 0.2) is 60.9 Å². The van der Waals surface area contributed by atoms with Crippen LogP contribution < -0.4 is 4.90 Å². The second-order valence-corrected chi connectivity index (χ2v) is 10.6. The summed E-state index contributed by atoms with van der Waals surface area (Å²) in [7, 11) is 1.84. The Morgan fingerprint density at radius 2 is 1.73 bits per heavy atom. The Labute approximate surface area is 235 Å². The minimum atomic E-state index is -4.75. The number of carbonyl (C=O) groups excluding carboxylic acids is 1. The lowest BCUT2D eigenvalue weighted by atomic mass is 9.93. The first kappa shape index (κ1) is 28.1. The predicted octanol–water partition coefficient (Wildman–Crippen LogP) is 5.13. The van der Waals surface area contributed by atoms with Crippen molar-refractivity contribution in [3.8, 4) is 0 Å². The highest BCUT2D eigenvalue weighted by Gasteiger charge is 2.40. The number of urea groups is 1. The number of rotatable bonds is 5. The van der Waals surface area contributed by atoms with Gasteiger partial charge >= 0.3 is 12.2 Å². The molecule has 3 heterocycles. The second-order valence-electron chi connectivity index (χ2n) is 10.2. The highest BCUT2D eigenvalue weighted by atomic mass is 35.5. The maximum absolute atomic E-state index is 14.2. The first-order chi connectivity index (χ1) is 19.1. The summed E-state index contributed by atoms with van der Waals surface area (Å²) < 4.78 is 53.3. The zero-order valence-corrected chi connectivity index (χ0v) is 22.6. The molecule has 12 heteroatoms. The molecule has 212 valence electrons. The van der Waals surface area contributed by atoms with Crippen molar-refractivity contribution in [3.63, 3.8) is 0 Å². The maximum Gasteiger partial charge on any atom is 0.419 e. The fourth-order valence-electron chi connectivity index (χ4n) is 5.50. The van der Waals surface area contributed by atoms with Crippen molar-refractivity contribution in [1.82, 2.24) is 24.7 Å². The Kier molecular flexibility index (Phi) is 8.14. The molecule has 2 fully saturated rings. The van der Waals surface area contributed by atoms with E-state index in [0.29, 0.717) is 55.8 Å². The van der Waals surface area contributed by atoms with Gasteiger partial charge in [-0.1, -0.05) is 29.8 Å². The highest BCUT2D eigenvalue weighted by molar-refractivity contribution is 6.30. The van der Waals surface area contributed by atoms with Gasteiger partial charge in [0.25, 0.3) is 0 Å². The number of likely N-dealkylation sites (tertiary alicyclic amines) is 1. The molecule has 5 rings (SSSR count). The Morgan fingerprint density at radius 1 is 1.00 bits per heavy atom. The molecule has 40 heavy (non-hydrogen) atoms. The molecule has 2 aromatic carbocycles. The molecule has 3 aromatic rings. The molecule has 2 aliphatic rings. The van der Waals surface area contributed by atoms with Crippen molar-refractivity contribution in [1.29, 1.82) is 0 Å². The van der Waals surface area contributed by atoms with Gasteiger partial charge in [0.2, 0.25) is 5.95 Å². The first-order valence-electron chi connectivity index (χ1n) is 13.0. The third-order valence-corrected chi connectivity index (χ3v) is 7.79. The molecule has 2 aliphatic heterocycles. The van der Waals surface area contributed by atoms with Crippen molar-refractivity contribution in [3.05, 3.63) is 88.5 Å². The van der Waals surface area contributed by atoms with E-state index in [1.54, 1.807) is 24.5 Å². The monoisotopic (exact) mass is 576 g/mol. The van der Waals surface area contributed by atoms with Crippen molar-refractivity contribution < 1.29 is 22.4 Å². The molecule has 0 unspecified atom stereocenters. The van der Waals surface area contributed by atoms with Crippen molar-refractivity contribution in [2.24, 2.45) is 0 Å². The Balaban J connectivity index is 1.30. The van der Waals surface area contributed by atoms with E-state index in [4.69, 9.17) is 11.6 Å². The minimum Gasteiger partial charge on any atom is -0.337 e. The number of hydrogen-bond acceptors (Lipinski definition) is 5. The number of alkyl halides is 3. The third kappa shape index (κ3) is 6.15. The summed E-state index contributed by atoms with van der Waals surface area (Å²) in [5, 5.41) is 0.577. The zero-order valence-electron chi connectivity index (χ0n) is 21.9. The van der Waals surface area contributed by atoms with E-state index in [1.165, 1.54) is 6.07 Å². The third-order valence-electron chi connectivity index (χ3n) is 7.56. The average molecular weight is 577 g/mol. The average Bonchev–Trinajstić information content (AvgIpc) is 3.38. The number of hydrogen-bond donors (Lipinski definition) is 0. The Morgan fingerprint density at radius 3 is 2.38 bits per heavy atom. The molecular formula is C28H29ClF4N6O. The quantitative estimate of drug-likeness (QED) is 0.394. The number of piperazine rings is 1. The number of anilines is 1. The largest absolute Gasteiger partial charge is 0.419 e. The predicted molar refractivity (Wildman–Crippen MR) is 144 cm³/mol. The number of aromatic nitrogens is 2. The Bertz CT molecular complexity index is 1340. The van der Waals surface area contributed by atoms with E-state index in [2.05, 4.69) is 9.97 Å². The zero-order chi connectivity index (χ0) is 28.4. The number of amides is 2. The fourth-order valence-corrected chi connectivity index (χ4v) is 5.70. The van der Waals surface area contributed by atoms with E-state index in [9.17, 15) is 22.4 Å². The molecule has 2 atom stereocenters. The van der Waals surface area contributed by atoms with Crippen LogP contribution in [0.1, 0.15) is 22.6 Å². The second kappa shape index (κ2) is 11.6. The van der Waals surface area contributed by atoms with Crippen LogP contribution in [-0.2, 0) is 12.7 Å². The molecule has 1 aromatic heterocycles. The SMILES string of the molecule is CN(Cc1ccc(C(F)(F)F)c(F)c1)[C@H]1CN(C(=O)N2CCN(c3ncccn3)CC2)C[C@@H]1c1cccc(Cl)c1. The number of nitrogens with zero attached hydrogens (tertiary/aromatic N) is 6. The molecule has 0 saturated carbocycles. The van der Waals surface area contributed by atoms with Gasteiger partial charge in [-0.15, -0.1) is 0 Å². The van der Waals surface area contributed by atoms with Crippen LogP contribution in [0.4, 0.5) is 28.3 Å².